The molecule has 1 fully saturated rings. The summed E-state index contributed by atoms with van der Waals surface area (Å²) in [6, 6.07) is 11.3. The van der Waals surface area contributed by atoms with Gasteiger partial charge in [-0.3, -0.25) is 4.79 Å². The van der Waals surface area contributed by atoms with E-state index in [0.717, 1.165) is 12.1 Å². The number of aromatic nitrogens is 3. The number of benzene rings is 1. The van der Waals surface area contributed by atoms with E-state index in [1.807, 2.05) is 17.0 Å². The van der Waals surface area contributed by atoms with Gasteiger partial charge in [0.1, 0.15) is 29.5 Å². The average Bonchev–Trinajstić information content (AvgIpc) is 2.76. The Kier molecular flexibility index (Phi) is 5.69. The molecule has 1 aliphatic heterocycles. The van der Waals surface area contributed by atoms with E-state index in [-0.39, 0.29) is 11.7 Å². The standard InChI is InChI=1S/C21H21FN6O2/c1-27-8-9-28(13-21(27)29)19-11-18(25-14-26-19)24-12-15-6-7-23-20(10-15)30-17-4-2-16(22)3-5-17/h2-7,10-11,14H,8-9,12-13H2,1H3,(H,24,25,26). The van der Waals surface area contributed by atoms with Crippen molar-refractivity contribution >= 4 is 17.5 Å². The molecule has 154 valence electrons. The van der Waals surface area contributed by atoms with E-state index < -0.39 is 0 Å². The Hall–Kier alpha value is -3.75. The van der Waals surface area contributed by atoms with Crippen LogP contribution in [0.4, 0.5) is 16.0 Å². The molecule has 8 nitrogen and oxygen atoms in total. The van der Waals surface area contributed by atoms with Crippen molar-refractivity contribution in [2.45, 2.75) is 6.54 Å². The number of rotatable bonds is 6. The van der Waals surface area contributed by atoms with E-state index in [2.05, 4.69) is 20.3 Å². The highest BCUT2D eigenvalue weighted by Gasteiger charge is 2.22. The summed E-state index contributed by atoms with van der Waals surface area (Å²) in [6.45, 7) is 2.20. The molecule has 3 heterocycles. The number of anilines is 2. The van der Waals surface area contributed by atoms with Gasteiger partial charge in [-0.1, -0.05) is 0 Å². The number of nitrogens with one attached hydrogen (secondary N) is 1. The van der Waals surface area contributed by atoms with E-state index in [4.69, 9.17) is 4.74 Å². The van der Waals surface area contributed by atoms with Crippen molar-refractivity contribution in [2.24, 2.45) is 0 Å². The minimum Gasteiger partial charge on any atom is -0.439 e. The fourth-order valence-corrected chi connectivity index (χ4v) is 3.00. The van der Waals surface area contributed by atoms with Crippen LogP contribution in [0.25, 0.3) is 0 Å². The highest BCUT2D eigenvalue weighted by molar-refractivity contribution is 5.82. The minimum atomic E-state index is -0.321. The summed E-state index contributed by atoms with van der Waals surface area (Å²) in [4.78, 5) is 28.3. The second kappa shape index (κ2) is 8.73. The quantitative estimate of drug-likeness (QED) is 0.671. The average molecular weight is 408 g/mol. The topological polar surface area (TPSA) is 83.5 Å². The van der Waals surface area contributed by atoms with Gasteiger partial charge in [-0.15, -0.1) is 0 Å². The lowest BCUT2D eigenvalue weighted by Gasteiger charge is -2.32. The second-order valence-electron chi connectivity index (χ2n) is 6.91. The highest BCUT2D eigenvalue weighted by Crippen LogP contribution is 2.21. The molecule has 0 unspecified atom stereocenters. The van der Waals surface area contributed by atoms with Gasteiger partial charge in [-0.2, -0.15) is 0 Å². The minimum absolute atomic E-state index is 0.0693. The summed E-state index contributed by atoms with van der Waals surface area (Å²) in [5.41, 5.74) is 0.942. The molecule has 1 amide bonds. The number of hydrogen-bond acceptors (Lipinski definition) is 7. The van der Waals surface area contributed by atoms with E-state index in [9.17, 15) is 9.18 Å². The molecule has 0 saturated carbocycles. The molecular formula is C21H21FN6O2. The molecule has 4 rings (SSSR count). The van der Waals surface area contributed by atoms with Gasteiger partial charge in [0.25, 0.3) is 0 Å². The molecule has 0 spiro atoms. The largest absolute Gasteiger partial charge is 0.439 e. The van der Waals surface area contributed by atoms with E-state index in [0.29, 0.717) is 42.9 Å². The van der Waals surface area contributed by atoms with Crippen molar-refractivity contribution in [3.8, 4) is 11.6 Å². The lowest BCUT2D eigenvalue weighted by molar-refractivity contribution is -0.129. The molecule has 1 N–H and O–H groups in total. The molecular weight excluding hydrogens is 387 g/mol. The summed E-state index contributed by atoms with van der Waals surface area (Å²) >= 11 is 0. The predicted molar refractivity (Wildman–Crippen MR) is 110 cm³/mol. The maximum absolute atomic E-state index is 13.0. The molecule has 0 atom stereocenters. The SMILES string of the molecule is CN1CCN(c2cc(NCc3ccnc(Oc4ccc(F)cc4)c3)ncn2)CC1=O. The molecule has 1 aromatic carbocycles. The van der Waals surface area contributed by atoms with Crippen molar-refractivity contribution < 1.29 is 13.9 Å². The number of pyridine rings is 1. The van der Waals surface area contributed by atoms with Crippen LogP contribution in [0.15, 0.2) is 55.0 Å². The number of carbonyl (C=O) groups is 1. The van der Waals surface area contributed by atoms with Gasteiger partial charge in [0.15, 0.2) is 0 Å². The van der Waals surface area contributed by atoms with E-state index >= 15 is 0 Å². The fourth-order valence-electron chi connectivity index (χ4n) is 3.00. The molecule has 0 bridgehead atoms. The van der Waals surface area contributed by atoms with Gasteiger partial charge >= 0.3 is 0 Å². The number of piperazine rings is 1. The maximum Gasteiger partial charge on any atom is 0.241 e. The number of amides is 1. The Labute approximate surface area is 173 Å². The summed E-state index contributed by atoms with van der Waals surface area (Å²) in [6.07, 6.45) is 3.13. The van der Waals surface area contributed by atoms with E-state index in [1.165, 1.54) is 18.5 Å². The van der Waals surface area contributed by atoms with Crippen molar-refractivity contribution in [3.63, 3.8) is 0 Å². The number of halogens is 1. The van der Waals surface area contributed by atoms with Crippen molar-refractivity contribution in [1.82, 2.24) is 19.9 Å². The van der Waals surface area contributed by atoms with Gasteiger partial charge in [0.2, 0.25) is 11.8 Å². The first-order valence-electron chi connectivity index (χ1n) is 9.50. The number of hydrogen-bond donors (Lipinski definition) is 1. The smallest absolute Gasteiger partial charge is 0.241 e. The maximum atomic E-state index is 13.0. The molecule has 3 aromatic rings. The predicted octanol–water partition coefficient (Wildman–Crippen LogP) is 2.69. The van der Waals surface area contributed by atoms with Crippen LogP contribution in [0.3, 0.4) is 0 Å². The zero-order valence-corrected chi connectivity index (χ0v) is 16.5. The number of nitrogens with zero attached hydrogens (tertiary/aromatic N) is 5. The van der Waals surface area contributed by atoms with Crippen LogP contribution in [0.1, 0.15) is 5.56 Å². The Morgan fingerprint density at radius 1 is 1.10 bits per heavy atom. The van der Waals surface area contributed by atoms with Crippen LogP contribution in [0.5, 0.6) is 11.6 Å². The van der Waals surface area contributed by atoms with Crippen LogP contribution in [0, 0.1) is 5.82 Å². The summed E-state index contributed by atoms with van der Waals surface area (Å²) < 4.78 is 18.7. The molecule has 2 aromatic heterocycles. The first-order chi connectivity index (χ1) is 14.6. The van der Waals surface area contributed by atoms with Gasteiger partial charge < -0.3 is 19.9 Å². The highest BCUT2D eigenvalue weighted by atomic mass is 19.1. The summed E-state index contributed by atoms with van der Waals surface area (Å²) in [5.74, 6) is 2.04. The summed E-state index contributed by atoms with van der Waals surface area (Å²) in [7, 11) is 1.80. The third-order valence-electron chi connectivity index (χ3n) is 4.74. The van der Waals surface area contributed by atoms with Gasteiger partial charge in [-0.05, 0) is 35.9 Å². The molecule has 1 aliphatic rings. The molecule has 9 heteroatoms. The molecule has 30 heavy (non-hydrogen) atoms. The lowest BCUT2D eigenvalue weighted by atomic mass is 10.2. The zero-order valence-electron chi connectivity index (χ0n) is 16.5. The second-order valence-corrected chi connectivity index (χ2v) is 6.91. The monoisotopic (exact) mass is 408 g/mol. The van der Waals surface area contributed by atoms with Crippen LogP contribution >= 0.6 is 0 Å². The first kappa shape index (κ1) is 19.6. The summed E-state index contributed by atoms with van der Waals surface area (Å²) in [5, 5.41) is 3.25. The van der Waals surface area contributed by atoms with Crippen molar-refractivity contribution in [3.05, 3.63) is 66.4 Å². The van der Waals surface area contributed by atoms with Crippen LogP contribution in [-0.2, 0) is 11.3 Å². The number of likely N-dealkylation sites (N-methyl/N-ethyl adjacent to an activating group) is 1. The third kappa shape index (κ3) is 4.80. The van der Waals surface area contributed by atoms with Crippen LogP contribution in [-0.4, -0.2) is 52.4 Å². The molecule has 0 aliphatic carbocycles. The Bertz CT molecular complexity index is 1030. The van der Waals surface area contributed by atoms with Gasteiger partial charge in [0, 0.05) is 45.0 Å². The van der Waals surface area contributed by atoms with Crippen molar-refractivity contribution in [1.29, 1.82) is 0 Å². The lowest BCUT2D eigenvalue weighted by Crippen LogP contribution is -2.48. The Morgan fingerprint density at radius 3 is 2.73 bits per heavy atom. The Balaban J connectivity index is 1.39. The zero-order chi connectivity index (χ0) is 20.9. The van der Waals surface area contributed by atoms with Gasteiger partial charge in [-0.25, -0.2) is 19.3 Å². The number of carbonyl (C=O) groups excluding carboxylic acids is 1. The normalized spacial score (nSPS) is 14.0. The van der Waals surface area contributed by atoms with Crippen molar-refractivity contribution in [2.75, 3.05) is 36.9 Å². The van der Waals surface area contributed by atoms with Crippen LogP contribution < -0.4 is 15.0 Å². The van der Waals surface area contributed by atoms with E-state index in [1.54, 1.807) is 36.3 Å². The molecule has 1 saturated heterocycles. The molecule has 0 radical (unpaired) electrons. The first-order valence-corrected chi connectivity index (χ1v) is 9.50. The third-order valence-corrected chi connectivity index (χ3v) is 4.74. The Morgan fingerprint density at radius 2 is 1.93 bits per heavy atom. The fraction of sp³-hybridized carbons (Fsp3) is 0.238. The van der Waals surface area contributed by atoms with Gasteiger partial charge in [0.05, 0.1) is 6.54 Å². The number of ether oxygens (including phenoxy) is 1. The van der Waals surface area contributed by atoms with Crippen LogP contribution in [0.2, 0.25) is 0 Å².